The molecule has 2 rings (SSSR count). The Morgan fingerprint density at radius 2 is 2.24 bits per heavy atom. The highest BCUT2D eigenvalue weighted by molar-refractivity contribution is 6.00. The molecule has 0 spiro atoms. The van der Waals surface area contributed by atoms with Gasteiger partial charge >= 0.3 is 11.9 Å². The van der Waals surface area contributed by atoms with Crippen LogP contribution in [0, 0.1) is 0 Å². The van der Waals surface area contributed by atoms with Crippen LogP contribution >= 0.6 is 0 Å². The van der Waals surface area contributed by atoms with Gasteiger partial charge in [0, 0.05) is 19.2 Å². The van der Waals surface area contributed by atoms with E-state index in [1.807, 2.05) is 0 Å². The number of fused-ring (bicyclic) bond motifs is 1. The number of hydrogen-bond acceptors (Lipinski definition) is 4. The maximum atomic E-state index is 13.1. The molecule has 0 radical (unpaired) electrons. The molecular weight excluding hydrogens is 232 g/mol. The quantitative estimate of drug-likeness (QED) is 0.758. The Hall–Kier alpha value is -1.98. The SMILES string of the molecule is COC(=O)c1ccnc2cc(C(C)(F)F)oc12. The minimum Gasteiger partial charge on any atom is -0.465 e. The third-order valence-electron chi connectivity index (χ3n) is 2.25. The van der Waals surface area contributed by atoms with Gasteiger partial charge in [-0.05, 0) is 6.07 Å². The van der Waals surface area contributed by atoms with Crippen LogP contribution in [0.15, 0.2) is 22.7 Å². The number of ether oxygens (including phenoxy) is 1. The second kappa shape index (κ2) is 3.80. The number of esters is 1. The Kier molecular flexibility index (Phi) is 2.57. The van der Waals surface area contributed by atoms with E-state index < -0.39 is 17.7 Å². The van der Waals surface area contributed by atoms with Crippen LogP contribution < -0.4 is 0 Å². The van der Waals surface area contributed by atoms with Gasteiger partial charge in [-0.25, -0.2) is 4.79 Å². The lowest BCUT2D eigenvalue weighted by molar-refractivity contribution is -0.00393. The number of halogens is 2. The Bertz CT molecular complexity index is 572. The Labute approximate surface area is 95.2 Å². The number of alkyl halides is 2. The van der Waals surface area contributed by atoms with Gasteiger partial charge in [0.25, 0.3) is 0 Å². The molecule has 2 aromatic rings. The van der Waals surface area contributed by atoms with Crippen molar-refractivity contribution >= 4 is 17.1 Å². The molecule has 0 aliphatic heterocycles. The van der Waals surface area contributed by atoms with Gasteiger partial charge in [-0.1, -0.05) is 0 Å². The number of carbonyl (C=O) groups is 1. The van der Waals surface area contributed by atoms with E-state index in [0.29, 0.717) is 6.92 Å². The van der Waals surface area contributed by atoms with Gasteiger partial charge in [-0.2, -0.15) is 8.78 Å². The average molecular weight is 241 g/mol. The summed E-state index contributed by atoms with van der Waals surface area (Å²) in [5.74, 6) is -4.30. The minimum absolute atomic E-state index is 0.0101. The molecule has 90 valence electrons. The van der Waals surface area contributed by atoms with Crippen molar-refractivity contribution in [1.29, 1.82) is 0 Å². The van der Waals surface area contributed by atoms with Crippen LogP contribution in [0.4, 0.5) is 8.78 Å². The van der Waals surface area contributed by atoms with E-state index >= 15 is 0 Å². The van der Waals surface area contributed by atoms with Gasteiger partial charge < -0.3 is 9.15 Å². The Morgan fingerprint density at radius 3 is 2.82 bits per heavy atom. The van der Waals surface area contributed by atoms with Crippen LogP contribution in [0.1, 0.15) is 23.0 Å². The molecule has 0 bridgehead atoms. The smallest absolute Gasteiger partial charge is 0.341 e. The highest BCUT2D eigenvalue weighted by atomic mass is 19.3. The zero-order valence-electron chi connectivity index (χ0n) is 9.16. The summed E-state index contributed by atoms with van der Waals surface area (Å²) < 4.78 is 35.6. The molecule has 0 saturated carbocycles. The first-order valence-corrected chi connectivity index (χ1v) is 4.78. The summed E-state index contributed by atoms with van der Waals surface area (Å²) in [6.07, 6.45) is 1.34. The highest BCUT2D eigenvalue weighted by Crippen LogP contribution is 2.32. The van der Waals surface area contributed by atoms with Gasteiger partial charge in [-0.3, -0.25) is 4.98 Å². The van der Waals surface area contributed by atoms with Crippen LogP contribution in [0.25, 0.3) is 11.1 Å². The molecule has 0 aliphatic rings. The molecule has 0 N–H and O–H groups in total. The van der Waals surface area contributed by atoms with Gasteiger partial charge in [0.2, 0.25) is 0 Å². The molecular formula is C11H9F2NO3. The van der Waals surface area contributed by atoms with Gasteiger partial charge in [0.05, 0.1) is 7.11 Å². The zero-order chi connectivity index (χ0) is 12.6. The molecule has 17 heavy (non-hydrogen) atoms. The predicted molar refractivity (Wildman–Crippen MR) is 54.9 cm³/mol. The van der Waals surface area contributed by atoms with Gasteiger partial charge in [0.1, 0.15) is 11.1 Å². The average Bonchev–Trinajstić information content (AvgIpc) is 2.71. The van der Waals surface area contributed by atoms with Crippen molar-refractivity contribution in [3.63, 3.8) is 0 Å². The van der Waals surface area contributed by atoms with E-state index in [2.05, 4.69) is 9.72 Å². The molecule has 2 heterocycles. The Balaban J connectivity index is 2.65. The van der Waals surface area contributed by atoms with Crippen molar-refractivity contribution in [2.45, 2.75) is 12.8 Å². The standard InChI is InChI=1S/C11H9F2NO3/c1-11(12,13)8-5-7-9(17-8)6(3-4-14-7)10(15)16-2/h3-5H,1-2H3. The summed E-state index contributed by atoms with van der Waals surface area (Å²) in [6, 6.07) is 2.47. The van der Waals surface area contributed by atoms with E-state index in [1.165, 1.54) is 19.4 Å². The normalized spacial score (nSPS) is 11.8. The fourth-order valence-electron chi connectivity index (χ4n) is 1.43. The largest absolute Gasteiger partial charge is 0.465 e. The van der Waals surface area contributed by atoms with Gasteiger partial charge in [0.15, 0.2) is 11.3 Å². The Morgan fingerprint density at radius 1 is 1.53 bits per heavy atom. The van der Waals surface area contributed by atoms with Crippen molar-refractivity contribution in [2.75, 3.05) is 7.11 Å². The molecule has 0 aliphatic carbocycles. The number of nitrogens with zero attached hydrogens (tertiary/aromatic N) is 1. The molecule has 6 heteroatoms. The first-order valence-electron chi connectivity index (χ1n) is 4.78. The predicted octanol–water partition coefficient (Wildman–Crippen LogP) is 2.73. The number of methoxy groups -OCH3 is 1. The lowest BCUT2D eigenvalue weighted by atomic mass is 10.2. The third kappa shape index (κ3) is 1.98. The number of pyridine rings is 1. The first-order chi connectivity index (χ1) is 7.93. The molecule has 0 fully saturated rings. The maximum Gasteiger partial charge on any atom is 0.341 e. The summed E-state index contributed by atoms with van der Waals surface area (Å²) in [7, 11) is 1.20. The molecule has 0 atom stereocenters. The summed E-state index contributed by atoms with van der Waals surface area (Å²) in [5.41, 5.74) is 0.285. The molecule has 0 amide bonds. The van der Waals surface area contributed by atoms with Crippen LogP contribution in [-0.4, -0.2) is 18.1 Å². The second-order valence-corrected chi connectivity index (χ2v) is 3.56. The number of rotatable bonds is 2. The van der Waals surface area contributed by atoms with E-state index in [0.717, 1.165) is 6.07 Å². The summed E-state index contributed by atoms with van der Waals surface area (Å²) in [6.45, 7) is 0.711. The maximum absolute atomic E-state index is 13.1. The van der Waals surface area contributed by atoms with Crippen LogP contribution in [-0.2, 0) is 10.7 Å². The van der Waals surface area contributed by atoms with E-state index in [1.54, 1.807) is 0 Å². The lowest BCUT2D eigenvalue weighted by Crippen LogP contribution is -2.04. The molecule has 0 unspecified atom stereocenters. The van der Waals surface area contributed by atoms with Crippen LogP contribution in [0.2, 0.25) is 0 Å². The van der Waals surface area contributed by atoms with Crippen LogP contribution in [0.5, 0.6) is 0 Å². The van der Waals surface area contributed by atoms with Crippen molar-refractivity contribution in [1.82, 2.24) is 4.98 Å². The number of carbonyl (C=O) groups excluding carboxylic acids is 1. The third-order valence-corrected chi connectivity index (χ3v) is 2.25. The molecule has 2 aromatic heterocycles. The zero-order valence-corrected chi connectivity index (χ0v) is 9.16. The molecule has 0 aromatic carbocycles. The summed E-state index contributed by atoms with van der Waals surface area (Å²) in [4.78, 5) is 15.2. The number of hydrogen-bond donors (Lipinski definition) is 0. The van der Waals surface area contributed by atoms with Crippen LogP contribution in [0.3, 0.4) is 0 Å². The summed E-state index contributed by atoms with van der Waals surface area (Å²) >= 11 is 0. The second-order valence-electron chi connectivity index (χ2n) is 3.56. The van der Waals surface area contributed by atoms with E-state index in [9.17, 15) is 13.6 Å². The molecule has 0 saturated heterocycles. The van der Waals surface area contributed by atoms with Crippen molar-refractivity contribution in [2.24, 2.45) is 0 Å². The van der Waals surface area contributed by atoms with E-state index in [4.69, 9.17) is 4.42 Å². The number of furan rings is 1. The van der Waals surface area contributed by atoms with Crippen molar-refractivity contribution < 1.29 is 22.7 Å². The lowest BCUT2D eigenvalue weighted by Gasteiger charge is -2.04. The minimum atomic E-state index is -3.12. The summed E-state index contributed by atoms with van der Waals surface area (Å²) in [5, 5.41) is 0. The van der Waals surface area contributed by atoms with Crippen molar-refractivity contribution in [3.05, 3.63) is 29.7 Å². The number of aromatic nitrogens is 1. The fraction of sp³-hybridized carbons (Fsp3) is 0.273. The fourth-order valence-corrected chi connectivity index (χ4v) is 1.43. The van der Waals surface area contributed by atoms with Crippen molar-refractivity contribution in [3.8, 4) is 0 Å². The highest BCUT2D eigenvalue weighted by Gasteiger charge is 2.30. The van der Waals surface area contributed by atoms with Gasteiger partial charge in [-0.15, -0.1) is 0 Å². The van der Waals surface area contributed by atoms with E-state index in [-0.39, 0.29) is 16.7 Å². The topological polar surface area (TPSA) is 52.3 Å². The monoisotopic (exact) mass is 241 g/mol. The first kappa shape index (κ1) is 11.5. The molecule has 4 nitrogen and oxygen atoms in total.